The van der Waals surface area contributed by atoms with Crippen molar-refractivity contribution in [2.24, 2.45) is 0 Å². The first-order chi connectivity index (χ1) is 12.3. The SMILES string of the molecule is CC[C@H](C(=O)N1CCSc2nnc(-c3ccco3)n21)c1ccccc1. The number of furan rings is 1. The highest BCUT2D eigenvalue weighted by molar-refractivity contribution is 7.99. The average Bonchev–Trinajstić information content (AvgIpc) is 3.32. The summed E-state index contributed by atoms with van der Waals surface area (Å²) in [6.07, 6.45) is 2.33. The quantitative estimate of drug-likeness (QED) is 0.719. The smallest absolute Gasteiger partial charge is 0.249 e. The molecule has 1 aliphatic heterocycles. The highest BCUT2D eigenvalue weighted by Gasteiger charge is 2.32. The second-order valence-electron chi connectivity index (χ2n) is 5.78. The molecule has 0 radical (unpaired) electrons. The van der Waals surface area contributed by atoms with Gasteiger partial charge in [0, 0.05) is 5.75 Å². The number of aromatic nitrogens is 3. The number of thioether (sulfide) groups is 1. The summed E-state index contributed by atoms with van der Waals surface area (Å²) < 4.78 is 7.27. The fourth-order valence-electron chi connectivity index (χ4n) is 3.08. The van der Waals surface area contributed by atoms with Gasteiger partial charge in [0.1, 0.15) is 0 Å². The van der Waals surface area contributed by atoms with Gasteiger partial charge in [-0.1, -0.05) is 49.0 Å². The van der Waals surface area contributed by atoms with Crippen molar-refractivity contribution in [2.45, 2.75) is 24.4 Å². The van der Waals surface area contributed by atoms with Gasteiger partial charge in [-0.3, -0.25) is 4.79 Å². The third-order valence-electron chi connectivity index (χ3n) is 4.29. The Morgan fingerprint density at radius 2 is 2.08 bits per heavy atom. The number of carbonyl (C=O) groups is 1. The summed E-state index contributed by atoms with van der Waals surface area (Å²) in [5.41, 5.74) is 1.03. The molecule has 0 saturated carbocycles. The fraction of sp³-hybridized carbons (Fsp3) is 0.278. The summed E-state index contributed by atoms with van der Waals surface area (Å²) in [6.45, 7) is 2.65. The van der Waals surface area contributed by atoms with Crippen molar-refractivity contribution < 1.29 is 9.21 Å². The average molecular weight is 354 g/mol. The van der Waals surface area contributed by atoms with Crippen LogP contribution >= 0.6 is 11.8 Å². The maximum absolute atomic E-state index is 13.3. The van der Waals surface area contributed by atoms with Gasteiger partial charge in [-0.15, -0.1) is 10.2 Å². The Bertz CT molecular complexity index is 861. The van der Waals surface area contributed by atoms with Crippen molar-refractivity contribution in [3.05, 3.63) is 54.3 Å². The Hall–Kier alpha value is -2.54. The second-order valence-corrected chi connectivity index (χ2v) is 6.84. The van der Waals surface area contributed by atoms with Crippen LogP contribution in [-0.2, 0) is 4.79 Å². The third kappa shape index (κ3) is 2.84. The second kappa shape index (κ2) is 6.76. The maximum Gasteiger partial charge on any atom is 0.249 e. The molecule has 0 N–H and O–H groups in total. The number of hydrogen-bond donors (Lipinski definition) is 0. The van der Waals surface area contributed by atoms with E-state index in [1.807, 2.05) is 43.3 Å². The largest absolute Gasteiger partial charge is 0.461 e. The number of amides is 1. The van der Waals surface area contributed by atoms with Gasteiger partial charge in [0.15, 0.2) is 5.76 Å². The van der Waals surface area contributed by atoms with Crippen LogP contribution < -0.4 is 5.01 Å². The summed E-state index contributed by atoms with van der Waals surface area (Å²) in [4.78, 5) is 13.3. The van der Waals surface area contributed by atoms with E-state index < -0.39 is 0 Å². The number of carbonyl (C=O) groups excluding carboxylic acids is 1. The predicted molar refractivity (Wildman–Crippen MR) is 96.0 cm³/mol. The number of hydrogen-bond acceptors (Lipinski definition) is 5. The molecule has 0 saturated heterocycles. The van der Waals surface area contributed by atoms with Crippen molar-refractivity contribution in [3.63, 3.8) is 0 Å². The Labute approximate surface area is 149 Å². The zero-order valence-electron chi connectivity index (χ0n) is 13.8. The topological polar surface area (TPSA) is 64.2 Å². The van der Waals surface area contributed by atoms with E-state index in [1.165, 1.54) is 0 Å². The molecule has 4 rings (SSSR count). The fourth-order valence-corrected chi connectivity index (χ4v) is 3.94. The number of rotatable bonds is 4. The molecule has 0 unspecified atom stereocenters. The summed E-state index contributed by atoms with van der Waals surface area (Å²) in [6, 6.07) is 13.5. The molecule has 2 aromatic heterocycles. The zero-order valence-corrected chi connectivity index (χ0v) is 14.6. The standard InChI is InChI=1S/C18H18N4O2S/c1-2-14(13-7-4-3-5-8-13)17(23)21-10-12-25-18-20-19-16(22(18)21)15-9-6-11-24-15/h3-9,11,14H,2,10,12H2,1H3/t14-/m0/s1. The Morgan fingerprint density at radius 3 is 2.80 bits per heavy atom. The molecule has 1 atom stereocenters. The van der Waals surface area contributed by atoms with E-state index in [4.69, 9.17) is 4.42 Å². The van der Waals surface area contributed by atoms with Gasteiger partial charge in [0.25, 0.3) is 0 Å². The summed E-state index contributed by atoms with van der Waals surface area (Å²) in [5, 5.41) is 10.9. The minimum atomic E-state index is -0.191. The lowest BCUT2D eigenvalue weighted by atomic mass is 9.95. The molecule has 3 aromatic rings. The van der Waals surface area contributed by atoms with Crippen LogP contribution in [0.15, 0.2) is 58.3 Å². The monoisotopic (exact) mass is 354 g/mol. The molecule has 0 spiro atoms. The molecule has 6 nitrogen and oxygen atoms in total. The van der Waals surface area contributed by atoms with Crippen molar-refractivity contribution in [1.82, 2.24) is 14.9 Å². The zero-order chi connectivity index (χ0) is 17.2. The van der Waals surface area contributed by atoms with Crippen molar-refractivity contribution >= 4 is 17.7 Å². The predicted octanol–water partition coefficient (Wildman–Crippen LogP) is 3.30. The van der Waals surface area contributed by atoms with Gasteiger partial charge < -0.3 is 4.42 Å². The Morgan fingerprint density at radius 1 is 1.24 bits per heavy atom. The van der Waals surface area contributed by atoms with Crippen LogP contribution in [0.3, 0.4) is 0 Å². The maximum atomic E-state index is 13.3. The lowest BCUT2D eigenvalue weighted by Crippen LogP contribution is -2.47. The molecule has 3 heterocycles. The third-order valence-corrected chi connectivity index (χ3v) is 5.19. The molecule has 7 heteroatoms. The summed E-state index contributed by atoms with van der Waals surface area (Å²) >= 11 is 1.60. The van der Waals surface area contributed by atoms with E-state index in [9.17, 15) is 4.79 Å². The lowest BCUT2D eigenvalue weighted by molar-refractivity contribution is -0.121. The first-order valence-electron chi connectivity index (χ1n) is 8.28. The Balaban J connectivity index is 1.73. The molecular weight excluding hydrogens is 336 g/mol. The van der Waals surface area contributed by atoms with Crippen LogP contribution in [0.4, 0.5) is 0 Å². The van der Waals surface area contributed by atoms with Gasteiger partial charge >= 0.3 is 0 Å². The first-order valence-corrected chi connectivity index (χ1v) is 9.27. The van der Waals surface area contributed by atoms with Crippen LogP contribution in [0, 0.1) is 0 Å². The van der Waals surface area contributed by atoms with E-state index in [0.29, 0.717) is 23.3 Å². The molecule has 0 aliphatic carbocycles. The van der Waals surface area contributed by atoms with Crippen LogP contribution in [-0.4, -0.2) is 33.1 Å². The van der Waals surface area contributed by atoms with Crippen LogP contribution in [0.2, 0.25) is 0 Å². The minimum absolute atomic E-state index is 0.0582. The summed E-state index contributed by atoms with van der Waals surface area (Å²) in [5.74, 6) is 1.83. The van der Waals surface area contributed by atoms with Gasteiger partial charge in [0.2, 0.25) is 16.9 Å². The molecule has 1 aromatic carbocycles. The van der Waals surface area contributed by atoms with E-state index in [0.717, 1.165) is 17.7 Å². The highest BCUT2D eigenvalue weighted by Crippen LogP contribution is 2.30. The molecule has 0 fully saturated rings. The lowest BCUT2D eigenvalue weighted by Gasteiger charge is -2.31. The molecule has 0 bridgehead atoms. The van der Waals surface area contributed by atoms with E-state index in [-0.39, 0.29) is 11.8 Å². The number of fused-ring (bicyclic) bond motifs is 1. The Kier molecular flexibility index (Phi) is 4.31. The normalized spacial score (nSPS) is 15.0. The van der Waals surface area contributed by atoms with Crippen molar-refractivity contribution in [3.8, 4) is 11.6 Å². The van der Waals surface area contributed by atoms with Crippen molar-refractivity contribution in [1.29, 1.82) is 0 Å². The van der Waals surface area contributed by atoms with Crippen molar-refractivity contribution in [2.75, 3.05) is 17.3 Å². The summed E-state index contributed by atoms with van der Waals surface area (Å²) in [7, 11) is 0. The van der Waals surface area contributed by atoms with E-state index in [1.54, 1.807) is 33.8 Å². The molecule has 1 amide bonds. The van der Waals surface area contributed by atoms with E-state index >= 15 is 0 Å². The van der Waals surface area contributed by atoms with Crippen LogP contribution in [0.25, 0.3) is 11.6 Å². The highest BCUT2D eigenvalue weighted by atomic mass is 32.2. The van der Waals surface area contributed by atoms with Gasteiger partial charge in [-0.2, -0.15) is 0 Å². The van der Waals surface area contributed by atoms with Gasteiger partial charge in [0.05, 0.1) is 18.7 Å². The molecule has 25 heavy (non-hydrogen) atoms. The van der Waals surface area contributed by atoms with Crippen LogP contribution in [0.1, 0.15) is 24.8 Å². The van der Waals surface area contributed by atoms with Gasteiger partial charge in [-0.25, -0.2) is 9.69 Å². The molecule has 128 valence electrons. The first kappa shape index (κ1) is 16.0. The van der Waals surface area contributed by atoms with E-state index in [2.05, 4.69) is 10.2 Å². The number of nitrogens with zero attached hydrogens (tertiary/aromatic N) is 4. The van der Waals surface area contributed by atoms with Crippen LogP contribution in [0.5, 0.6) is 0 Å². The molecule has 1 aliphatic rings. The van der Waals surface area contributed by atoms with Gasteiger partial charge in [-0.05, 0) is 24.1 Å². The number of benzene rings is 1. The minimum Gasteiger partial charge on any atom is -0.461 e. The molecular formula is C18H18N4O2S.